The second-order valence-electron chi connectivity index (χ2n) is 4.15. The molecule has 0 spiro atoms. The van der Waals surface area contributed by atoms with Gasteiger partial charge in [0.1, 0.15) is 0 Å². The van der Waals surface area contributed by atoms with Crippen LogP contribution in [0.25, 0.3) is 0 Å². The molecule has 1 aromatic carbocycles. The predicted octanol–water partition coefficient (Wildman–Crippen LogP) is 0.982. The van der Waals surface area contributed by atoms with E-state index in [0.29, 0.717) is 12.0 Å². The number of nitrogens with zero attached hydrogens (tertiary/aromatic N) is 1. The minimum absolute atomic E-state index is 0.184. The van der Waals surface area contributed by atoms with Crippen molar-refractivity contribution in [2.24, 2.45) is 0 Å². The normalized spacial score (nSPS) is 16.9. The monoisotopic (exact) mass is 233 g/mol. The molecule has 0 fully saturated rings. The van der Waals surface area contributed by atoms with Crippen molar-refractivity contribution >= 4 is 11.8 Å². The Morgan fingerprint density at radius 2 is 2.06 bits per heavy atom. The first-order chi connectivity index (χ1) is 8.19. The topological polar surface area (TPSA) is 57.6 Å². The number of hydrogen-bond acceptors (Lipinski definition) is 3. The molecule has 4 heteroatoms. The van der Waals surface area contributed by atoms with E-state index in [1.165, 1.54) is 4.90 Å². The van der Waals surface area contributed by atoms with E-state index in [4.69, 9.17) is 0 Å². The first-order valence-corrected chi connectivity index (χ1v) is 5.74. The van der Waals surface area contributed by atoms with Crippen molar-refractivity contribution in [3.05, 3.63) is 35.4 Å². The Labute approximate surface area is 99.9 Å². The maximum Gasteiger partial charge on any atom is 0.261 e. The van der Waals surface area contributed by atoms with Gasteiger partial charge in [0.2, 0.25) is 5.91 Å². The van der Waals surface area contributed by atoms with Crippen LogP contribution in [0.15, 0.2) is 24.3 Å². The highest BCUT2D eigenvalue weighted by Gasteiger charge is 2.34. The Morgan fingerprint density at radius 1 is 1.35 bits per heavy atom. The van der Waals surface area contributed by atoms with Crippen molar-refractivity contribution < 1.29 is 14.7 Å². The van der Waals surface area contributed by atoms with E-state index in [2.05, 4.69) is 0 Å². The van der Waals surface area contributed by atoms with Crippen LogP contribution < -0.4 is 0 Å². The summed E-state index contributed by atoms with van der Waals surface area (Å²) in [5.74, 6) is -0.521. The molecule has 1 aliphatic rings. The molecule has 4 nitrogen and oxygen atoms in total. The molecule has 90 valence electrons. The molecular weight excluding hydrogens is 218 g/mol. The highest BCUT2D eigenvalue weighted by atomic mass is 16.3. The standard InChI is InChI=1S/C13H15NO3/c1-2-10(8-15)14-12(16)7-9-5-3-4-6-11(9)13(14)17/h3-6,10,15H,2,7-8H2,1H3/t10-/m0/s1. The fourth-order valence-electron chi connectivity index (χ4n) is 2.14. The van der Waals surface area contributed by atoms with Gasteiger partial charge < -0.3 is 5.11 Å². The molecule has 0 unspecified atom stereocenters. The van der Waals surface area contributed by atoms with Crippen molar-refractivity contribution in [1.29, 1.82) is 0 Å². The Morgan fingerprint density at radius 3 is 2.71 bits per heavy atom. The lowest BCUT2D eigenvalue weighted by atomic mass is 9.97. The summed E-state index contributed by atoms with van der Waals surface area (Å²) in [6, 6.07) is 6.70. The van der Waals surface area contributed by atoms with Gasteiger partial charge in [0.05, 0.1) is 19.1 Å². The third kappa shape index (κ3) is 1.96. The van der Waals surface area contributed by atoms with Crippen LogP contribution in [0.4, 0.5) is 0 Å². The van der Waals surface area contributed by atoms with Crippen molar-refractivity contribution in [3.63, 3.8) is 0 Å². The van der Waals surface area contributed by atoms with Crippen LogP contribution in [-0.4, -0.2) is 34.5 Å². The van der Waals surface area contributed by atoms with Gasteiger partial charge >= 0.3 is 0 Å². The number of aliphatic hydroxyl groups is 1. The lowest BCUT2D eigenvalue weighted by molar-refractivity contribution is -0.131. The highest BCUT2D eigenvalue weighted by molar-refractivity contribution is 6.09. The van der Waals surface area contributed by atoms with Crippen molar-refractivity contribution in [3.8, 4) is 0 Å². The average Bonchev–Trinajstić information content (AvgIpc) is 2.34. The molecule has 0 saturated heterocycles. The molecule has 0 aromatic heterocycles. The average molecular weight is 233 g/mol. The van der Waals surface area contributed by atoms with Crippen LogP contribution in [0.1, 0.15) is 29.3 Å². The summed E-state index contributed by atoms with van der Waals surface area (Å²) in [6.07, 6.45) is 0.800. The summed E-state index contributed by atoms with van der Waals surface area (Å²) in [4.78, 5) is 25.3. The first-order valence-electron chi connectivity index (χ1n) is 5.74. The first kappa shape index (κ1) is 11.8. The number of amides is 2. The largest absolute Gasteiger partial charge is 0.394 e. The fraction of sp³-hybridized carbons (Fsp3) is 0.385. The van der Waals surface area contributed by atoms with Gasteiger partial charge in [-0.3, -0.25) is 14.5 Å². The molecule has 2 rings (SSSR count). The summed E-state index contributed by atoms with van der Waals surface area (Å²) in [6.45, 7) is 1.66. The second-order valence-corrected chi connectivity index (χ2v) is 4.15. The molecular formula is C13H15NO3. The minimum atomic E-state index is -0.414. The van der Waals surface area contributed by atoms with Crippen LogP contribution in [0, 0.1) is 0 Å². The molecule has 0 aliphatic carbocycles. The van der Waals surface area contributed by atoms with E-state index in [1.54, 1.807) is 18.2 Å². The number of aliphatic hydroxyl groups excluding tert-OH is 1. The maximum atomic E-state index is 12.2. The number of benzene rings is 1. The van der Waals surface area contributed by atoms with E-state index < -0.39 is 6.04 Å². The quantitative estimate of drug-likeness (QED) is 0.792. The summed E-state index contributed by atoms with van der Waals surface area (Å²) in [7, 11) is 0. The molecule has 1 aromatic rings. The number of carbonyl (C=O) groups excluding carboxylic acids is 2. The van der Waals surface area contributed by atoms with Gasteiger partial charge in [-0.2, -0.15) is 0 Å². The third-order valence-corrected chi connectivity index (χ3v) is 3.12. The Bertz CT molecular complexity index is 452. The van der Waals surface area contributed by atoms with Gasteiger partial charge in [-0.05, 0) is 18.1 Å². The lowest BCUT2D eigenvalue weighted by Gasteiger charge is -2.32. The smallest absolute Gasteiger partial charge is 0.261 e. The molecule has 0 saturated carbocycles. The van der Waals surface area contributed by atoms with E-state index in [0.717, 1.165) is 5.56 Å². The predicted molar refractivity (Wildman–Crippen MR) is 62.5 cm³/mol. The molecule has 1 N–H and O–H groups in total. The van der Waals surface area contributed by atoms with Crippen LogP contribution in [-0.2, 0) is 11.2 Å². The zero-order valence-electron chi connectivity index (χ0n) is 9.72. The molecule has 1 aliphatic heterocycles. The molecule has 0 bridgehead atoms. The van der Waals surface area contributed by atoms with E-state index >= 15 is 0 Å². The molecule has 17 heavy (non-hydrogen) atoms. The van der Waals surface area contributed by atoms with Crippen LogP contribution in [0.3, 0.4) is 0 Å². The van der Waals surface area contributed by atoms with Gasteiger partial charge in [-0.1, -0.05) is 25.1 Å². The molecule has 0 radical (unpaired) electrons. The minimum Gasteiger partial charge on any atom is -0.394 e. The second kappa shape index (κ2) is 4.67. The number of rotatable bonds is 3. The van der Waals surface area contributed by atoms with Crippen LogP contribution in [0.5, 0.6) is 0 Å². The van der Waals surface area contributed by atoms with Crippen LogP contribution >= 0.6 is 0 Å². The zero-order valence-corrected chi connectivity index (χ0v) is 9.72. The fourth-order valence-corrected chi connectivity index (χ4v) is 2.14. The summed E-state index contributed by atoms with van der Waals surface area (Å²) in [5.41, 5.74) is 1.34. The number of carbonyl (C=O) groups is 2. The SMILES string of the molecule is CC[C@@H](CO)N1C(=O)Cc2ccccc2C1=O. The van der Waals surface area contributed by atoms with Crippen molar-refractivity contribution in [2.45, 2.75) is 25.8 Å². The van der Waals surface area contributed by atoms with E-state index in [9.17, 15) is 14.7 Å². The number of imide groups is 1. The third-order valence-electron chi connectivity index (χ3n) is 3.12. The summed E-state index contributed by atoms with van der Waals surface area (Å²) >= 11 is 0. The van der Waals surface area contributed by atoms with E-state index in [1.807, 2.05) is 13.0 Å². The van der Waals surface area contributed by atoms with E-state index in [-0.39, 0.29) is 24.8 Å². The Kier molecular flexibility index (Phi) is 3.24. The van der Waals surface area contributed by atoms with Crippen molar-refractivity contribution in [1.82, 2.24) is 4.90 Å². The van der Waals surface area contributed by atoms with Gasteiger partial charge in [-0.25, -0.2) is 0 Å². The maximum absolute atomic E-state index is 12.2. The van der Waals surface area contributed by atoms with Gasteiger partial charge in [0.15, 0.2) is 0 Å². The lowest BCUT2D eigenvalue weighted by Crippen LogP contribution is -2.49. The van der Waals surface area contributed by atoms with Gasteiger partial charge in [0.25, 0.3) is 5.91 Å². The highest BCUT2D eigenvalue weighted by Crippen LogP contribution is 2.22. The number of hydrogen-bond donors (Lipinski definition) is 1. The van der Waals surface area contributed by atoms with Crippen molar-refractivity contribution in [2.75, 3.05) is 6.61 Å². The Hall–Kier alpha value is -1.68. The molecule has 1 heterocycles. The number of fused-ring (bicyclic) bond motifs is 1. The summed E-state index contributed by atoms with van der Waals surface area (Å²) < 4.78 is 0. The molecule has 1 atom stereocenters. The zero-order chi connectivity index (χ0) is 12.4. The summed E-state index contributed by atoms with van der Waals surface area (Å²) in [5, 5.41) is 9.22. The van der Waals surface area contributed by atoms with Crippen LogP contribution in [0.2, 0.25) is 0 Å². The Balaban J connectivity index is 2.39. The van der Waals surface area contributed by atoms with Gasteiger partial charge in [0, 0.05) is 5.56 Å². The van der Waals surface area contributed by atoms with Gasteiger partial charge in [-0.15, -0.1) is 0 Å². The molecule has 2 amide bonds.